The molecule has 0 aliphatic carbocycles. The van der Waals surface area contributed by atoms with E-state index < -0.39 is 54.9 Å². The number of piperazine rings is 1. The van der Waals surface area contributed by atoms with Crippen LogP contribution >= 0.6 is 11.3 Å². The molecule has 48 heavy (non-hydrogen) atoms. The van der Waals surface area contributed by atoms with E-state index in [9.17, 15) is 15.2 Å². The Labute approximate surface area is 281 Å². The quantitative estimate of drug-likeness (QED) is 0.254. The number of ether oxygens (including phenoxy) is 3. The van der Waals surface area contributed by atoms with E-state index in [2.05, 4.69) is 16.4 Å². The number of imide groups is 1. The van der Waals surface area contributed by atoms with Gasteiger partial charge in [0.25, 0.3) is 6.09 Å². The number of methoxy groups -OCH3 is 2. The Hall–Kier alpha value is -5.17. The lowest BCUT2D eigenvalue weighted by Crippen LogP contribution is -2.81. The number of hydrogen-bond acceptors (Lipinski definition) is 13. The number of para-hydroxylation sites is 2. The zero-order chi connectivity index (χ0) is 34.3. The molecule has 0 radical (unpaired) electrons. The van der Waals surface area contributed by atoms with Gasteiger partial charge in [-0.05, 0) is 36.8 Å². The van der Waals surface area contributed by atoms with Crippen molar-refractivity contribution in [3.8, 4) is 23.3 Å². The van der Waals surface area contributed by atoms with Gasteiger partial charge in [0.1, 0.15) is 23.8 Å². The molecule has 1 aromatic heterocycles. The van der Waals surface area contributed by atoms with Crippen molar-refractivity contribution in [2.24, 2.45) is 0 Å². The van der Waals surface area contributed by atoms with Gasteiger partial charge in [-0.15, -0.1) is 11.3 Å². The minimum atomic E-state index is -5.30. The fourth-order valence-electron chi connectivity index (χ4n) is 6.84. The maximum atomic E-state index is 15.9. The van der Waals surface area contributed by atoms with Gasteiger partial charge in [0.05, 0.1) is 26.9 Å². The molecule has 1 saturated heterocycles. The lowest BCUT2D eigenvalue weighted by Gasteiger charge is -2.54. The van der Waals surface area contributed by atoms with Crippen LogP contribution in [-0.4, -0.2) is 69.2 Å². The third-order valence-electron chi connectivity index (χ3n) is 8.84. The highest BCUT2D eigenvalue weighted by atomic mass is 32.2. The molecular formula is C33H31N5O8S2. The highest BCUT2D eigenvalue weighted by Gasteiger charge is 2.73. The first-order valence-electron chi connectivity index (χ1n) is 14.9. The molecule has 3 aromatic carbocycles. The number of amides is 2. The Morgan fingerprint density at radius 3 is 2.56 bits per heavy atom. The first-order chi connectivity index (χ1) is 23.1. The molecule has 13 nitrogen and oxygen atoms in total. The van der Waals surface area contributed by atoms with E-state index in [4.69, 9.17) is 14.2 Å². The van der Waals surface area contributed by atoms with Gasteiger partial charge in [-0.3, -0.25) is 0 Å². The molecule has 1 fully saturated rings. The molecule has 15 heteroatoms. The van der Waals surface area contributed by atoms with Crippen LogP contribution < -0.4 is 29.5 Å². The molecule has 2 amide bonds. The molecule has 2 aliphatic rings. The molecular weight excluding hydrogens is 659 g/mol. The Morgan fingerprint density at radius 2 is 1.90 bits per heavy atom. The Bertz CT molecular complexity index is 2030. The van der Waals surface area contributed by atoms with Crippen LogP contribution in [0, 0.1) is 11.3 Å². The Morgan fingerprint density at radius 1 is 1.15 bits per heavy atom. The number of nitrogens with zero attached hydrogens (tertiary/aromatic N) is 4. The molecule has 248 valence electrons. The van der Waals surface area contributed by atoms with Crippen molar-refractivity contribution in [2.45, 2.75) is 29.3 Å². The largest absolute Gasteiger partial charge is 0.497 e. The van der Waals surface area contributed by atoms with Crippen LogP contribution in [0.3, 0.4) is 0 Å². The van der Waals surface area contributed by atoms with Crippen molar-refractivity contribution in [1.29, 1.82) is 5.26 Å². The van der Waals surface area contributed by atoms with E-state index >= 15 is 13.2 Å². The predicted molar refractivity (Wildman–Crippen MR) is 173 cm³/mol. The van der Waals surface area contributed by atoms with Crippen LogP contribution in [0.25, 0.3) is 0 Å². The second kappa shape index (κ2) is 12.5. The van der Waals surface area contributed by atoms with E-state index in [0.29, 0.717) is 11.3 Å². The number of sulfonamides is 1. The Kier molecular flexibility index (Phi) is 8.50. The summed E-state index contributed by atoms with van der Waals surface area (Å²) in [6.45, 7) is 0.971. The molecule has 0 bridgehead atoms. The van der Waals surface area contributed by atoms with Gasteiger partial charge in [0.2, 0.25) is 0 Å². The van der Waals surface area contributed by atoms with Gasteiger partial charge < -0.3 is 34.3 Å². The topological polar surface area (TPSA) is 171 Å². The summed E-state index contributed by atoms with van der Waals surface area (Å²) in [6, 6.07) is 18.0. The molecule has 0 saturated carbocycles. The molecule has 0 spiro atoms. The molecule has 2 aliphatic heterocycles. The monoisotopic (exact) mass is 689 g/mol. The SMILES string of the molecule is CCOc1ccccc1C1(C2CNc3ccccc32)C(=O)[N+](C(=O)[O-])(S(=O)(=O)c2ccc(OC)cc2OC)CC(C#N)N1c1nccs1. The summed E-state index contributed by atoms with van der Waals surface area (Å²) in [5.41, 5.74) is -0.786. The number of carbonyl (C=O) groups excluding carboxylic acids is 2. The molecule has 4 unspecified atom stereocenters. The molecule has 4 aromatic rings. The summed E-state index contributed by atoms with van der Waals surface area (Å²) < 4.78 is 44.4. The number of nitriles is 1. The highest BCUT2D eigenvalue weighted by Crippen LogP contribution is 2.57. The minimum Gasteiger partial charge on any atom is -0.497 e. The van der Waals surface area contributed by atoms with Gasteiger partial charge in [-0.1, -0.05) is 40.3 Å². The highest BCUT2D eigenvalue weighted by molar-refractivity contribution is 7.86. The fraction of sp³-hybridized carbons (Fsp3) is 0.273. The summed E-state index contributed by atoms with van der Waals surface area (Å²) in [6.07, 6.45) is -0.734. The standard InChI is InChI=1S/C33H31N5O8S2/c1-4-46-27-12-8-6-10-24(27)33(25-19-36-26-11-7-5-9-23(25)26)30(39)38(32(40)41,20-21(18-34)37(33)31-35-15-16-47-31)48(42,43)29-14-13-22(44-2)17-28(29)45-3/h5-17,21,25,36H,4,19-20H2,1-3H3. The van der Waals surface area contributed by atoms with Crippen LogP contribution in [0.1, 0.15) is 24.0 Å². The predicted octanol–water partition coefficient (Wildman–Crippen LogP) is 3.45. The zero-order valence-corrected chi connectivity index (χ0v) is 27.8. The van der Waals surface area contributed by atoms with Gasteiger partial charge in [-0.25, -0.2) is 9.78 Å². The molecule has 4 atom stereocenters. The van der Waals surface area contributed by atoms with E-state index in [1.165, 1.54) is 37.4 Å². The van der Waals surface area contributed by atoms with Crippen LogP contribution in [0.5, 0.6) is 17.2 Å². The van der Waals surface area contributed by atoms with Crippen LogP contribution in [0.2, 0.25) is 0 Å². The summed E-state index contributed by atoms with van der Waals surface area (Å²) in [5.74, 6) is -2.06. The summed E-state index contributed by atoms with van der Waals surface area (Å²) >= 11 is 1.13. The second-order valence-corrected chi connectivity index (χ2v) is 13.9. The summed E-state index contributed by atoms with van der Waals surface area (Å²) in [5, 5.41) is 29.7. The second-order valence-electron chi connectivity index (χ2n) is 11.0. The van der Waals surface area contributed by atoms with Crippen molar-refractivity contribution in [2.75, 3.05) is 44.1 Å². The van der Waals surface area contributed by atoms with E-state index in [0.717, 1.165) is 17.4 Å². The number of aromatic nitrogens is 1. The molecule has 3 heterocycles. The maximum Gasteiger partial charge on any atom is 0.366 e. The minimum absolute atomic E-state index is 0.0739. The third-order valence-corrected chi connectivity index (χ3v) is 11.8. The van der Waals surface area contributed by atoms with Gasteiger partial charge >= 0.3 is 15.9 Å². The van der Waals surface area contributed by atoms with Crippen molar-refractivity contribution in [1.82, 2.24) is 4.98 Å². The van der Waals surface area contributed by atoms with Crippen molar-refractivity contribution < 1.29 is 41.2 Å². The number of thiazole rings is 1. The van der Waals surface area contributed by atoms with Crippen LogP contribution in [-0.2, 0) is 20.4 Å². The number of anilines is 2. The van der Waals surface area contributed by atoms with E-state index in [-0.39, 0.29) is 41.1 Å². The van der Waals surface area contributed by atoms with Crippen LogP contribution in [0.15, 0.2) is 83.2 Å². The molecule has 1 N–H and O–H groups in total. The van der Waals surface area contributed by atoms with Crippen LogP contribution in [0.4, 0.5) is 15.6 Å². The van der Waals surface area contributed by atoms with Crippen molar-refractivity contribution >= 4 is 44.2 Å². The smallest absolute Gasteiger partial charge is 0.366 e. The maximum absolute atomic E-state index is 15.9. The average Bonchev–Trinajstić information content (AvgIpc) is 3.79. The summed E-state index contributed by atoms with van der Waals surface area (Å²) in [4.78, 5) is 35.0. The summed E-state index contributed by atoms with van der Waals surface area (Å²) in [7, 11) is -2.72. The number of hydrogen-bond donors (Lipinski definition) is 1. The zero-order valence-electron chi connectivity index (χ0n) is 26.2. The first-order valence-corrected chi connectivity index (χ1v) is 17.2. The number of nitrogens with one attached hydrogen (secondary N) is 1. The van der Waals surface area contributed by atoms with Gasteiger partial charge in [0, 0.05) is 41.4 Å². The van der Waals surface area contributed by atoms with E-state index in [1.807, 2.05) is 0 Å². The molecule has 6 rings (SSSR count). The van der Waals surface area contributed by atoms with Crippen molar-refractivity contribution in [3.05, 3.63) is 89.4 Å². The normalized spacial score (nSPS) is 23.5. The lowest BCUT2D eigenvalue weighted by atomic mass is 9.70. The number of rotatable bonds is 9. The third kappa shape index (κ3) is 4.59. The Balaban J connectivity index is 1.78. The lowest BCUT2D eigenvalue weighted by molar-refractivity contribution is -0.693. The van der Waals surface area contributed by atoms with E-state index in [1.54, 1.807) is 60.8 Å². The number of carbonyl (C=O) groups is 2. The number of benzene rings is 3. The number of carboxylic acid groups (broad SMARTS) is 1. The van der Waals surface area contributed by atoms with Gasteiger partial charge in [0.15, 0.2) is 21.6 Å². The average molecular weight is 690 g/mol. The first kappa shape index (κ1) is 32.8. The fourth-order valence-corrected chi connectivity index (χ4v) is 9.45. The number of fused-ring (bicyclic) bond motifs is 1. The van der Waals surface area contributed by atoms with Gasteiger partial charge in [-0.2, -0.15) is 13.7 Å². The number of quaternary nitrogens is 1. The van der Waals surface area contributed by atoms with Crippen molar-refractivity contribution in [3.63, 3.8) is 0 Å².